The fraction of sp³-hybridized carbons (Fsp3) is 0.429. The summed E-state index contributed by atoms with van der Waals surface area (Å²) in [6.45, 7) is 1.14. The number of rotatable bonds is 7. The second-order valence-corrected chi connectivity index (χ2v) is 4.61. The van der Waals surface area contributed by atoms with Crippen molar-refractivity contribution in [3.8, 4) is 0 Å². The molecule has 7 nitrogen and oxygen atoms in total. The highest BCUT2D eigenvalue weighted by atomic mass is 16.5. The summed E-state index contributed by atoms with van der Waals surface area (Å²) in [7, 11) is 1.60. The first-order chi connectivity index (χ1) is 10.1. The van der Waals surface area contributed by atoms with Crippen molar-refractivity contribution in [1.82, 2.24) is 15.2 Å². The number of nitrogens with one attached hydrogen (secondary N) is 1. The molecular formula is C14H17N3O4. The van der Waals surface area contributed by atoms with Gasteiger partial charge in [0, 0.05) is 39.4 Å². The molecule has 2 rings (SSSR count). The van der Waals surface area contributed by atoms with Gasteiger partial charge in [-0.2, -0.15) is 0 Å². The van der Waals surface area contributed by atoms with Crippen molar-refractivity contribution in [3.05, 3.63) is 29.6 Å². The van der Waals surface area contributed by atoms with Crippen LogP contribution < -0.4 is 5.32 Å². The van der Waals surface area contributed by atoms with Gasteiger partial charge in [-0.05, 0) is 18.6 Å². The Morgan fingerprint density at radius 2 is 2.19 bits per heavy atom. The van der Waals surface area contributed by atoms with E-state index in [9.17, 15) is 14.4 Å². The molecule has 112 valence electrons. The summed E-state index contributed by atoms with van der Waals surface area (Å²) < 4.78 is 4.87. The van der Waals surface area contributed by atoms with Crippen molar-refractivity contribution in [2.45, 2.75) is 12.8 Å². The number of hydrogen-bond acceptors (Lipinski definition) is 5. The maximum Gasteiger partial charge on any atom is 0.280 e. The molecule has 0 saturated heterocycles. The van der Waals surface area contributed by atoms with Gasteiger partial charge in [0.25, 0.3) is 11.8 Å². The van der Waals surface area contributed by atoms with E-state index >= 15 is 0 Å². The van der Waals surface area contributed by atoms with Crippen molar-refractivity contribution in [2.75, 3.05) is 26.8 Å². The van der Waals surface area contributed by atoms with E-state index in [1.807, 2.05) is 0 Å². The molecule has 0 atom stereocenters. The third kappa shape index (κ3) is 3.43. The van der Waals surface area contributed by atoms with E-state index in [0.717, 1.165) is 11.3 Å². The molecule has 1 aliphatic heterocycles. The Kier molecular flexibility index (Phi) is 4.99. The minimum atomic E-state index is -0.442. The van der Waals surface area contributed by atoms with Gasteiger partial charge in [0.05, 0.1) is 5.56 Å². The molecule has 0 aromatic carbocycles. The minimum absolute atomic E-state index is 0.0597. The van der Waals surface area contributed by atoms with Gasteiger partial charge in [0.15, 0.2) is 0 Å². The fourth-order valence-electron chi connectivity index (χ4n) is 2.06. The molecule has 0 fully saturated rings. The number of carbonyl (C=O) groups excluding carboxylic acids is 3. The van der Waals surface area contributed by atoms with Gasteiger partial charge < -0.3 is 10.1 Å². The van der Waals surface area contributed by atoms with Gasteiger partial charge in [0.1, 0.15) is 5.69 Å². The molecular weight excluding hydrogens is 274 g/mol. The molecule has 1 aromatic heterocycles. The summed E-state index contributed by atoms with van der Waals surface area (Å²) in [5.74, 6) is -1.03. The average molecular weight is 291 g/mol. The Bertz CT molecular complexity index is 524. The zero-order valence-electron chi connectivity index (χ0n) is 11.8. The molecule has 0 spiro atoms. The average Bonchev–Trinajstić information content (AvgIpc) is 2.74. The Labute approximate surface area is 122 Å². The van der Waals surface area contributed by atoms with Crippen LogP contribution in [0.1, 0.15) is 33.7 Å². The number of ether oxygens (including phenoxy) is 1. The Morgan fingerprint density at radius 3 is 2.90 bits per heavy atom. The zero-order valence-corrected chi connectivity index (χ0v) is 11.8. The molecule has 3 amide bonds. The maximum atomic E-state index is 12.0. The number of hydrogen-bond donors (Lipinski definition) is 1. The third-order valence-corrected chi connectivity index (χ3v) is 3.14. The van der Waals surface area contributed by atoms with E-state index in [1.54, 1.807) is 19.2 Å². The van der Waals surface area contributed by atoms with E-state index in [4.69, 9.17) is 4.74 Å². The zero-order chi connectivity index (χ0) is 15.2. The van der Waals surface area contributed by atoms with Crippen molar-refractivity contribution in [1.29, 1.82) is 0 Å². The minimum Gasteiger partial charge on any atom is -0.385 e. The third-order valence-electron chi connectivity index (χ3n) is 3.14. The predicted octanol–water partition coefficient (Wildman–Crippen LogP) is 0.220. The Hall–Kier alpha value is -2.28. The first-order valence-corrected chi connectivity index (χ1v) is 6.72. The van der Waals surface area contributed by atoms with E-state index in [2.05, 4.69) is 10.3 Å². The van der Waals surface area contributed by atoms with Crippen molar-refractivity contribution in [3.63, 3.8) is 0 Å². The highest BCUT2D eigenvalue weighted by Gasteiger charge is 2.36. The van der Waals surface area contributed by atoms with E-state index in [-0.39, 0.29) is 24.6 Å². The predicted molar refractivity (Wildman–Crippen MR) is 73.7 cm³/mol. The molecule has 0 saturated carbocycles. The standard InChI is InChI=1S/C14H17N3O4/c1-21-9-3-7-15-11(18)5-8-17-13(19)10-4-2-6-16-12(10)14(17)20/h2,4,6H,3,5,7-9H2,1H3,(H,15,18). The lowest BCUT2D eigenvalue weighted by atomic mass is 10.2. The molecule has 0 bridgehead atoms. The fourth-order valence-corrected chi connectivity index (χ4v) is 2.06. The van der Waals surface area contributed by atoms with Crippen LogP contribution in [0.4, 0.5) is 0 Å². The number of pyridine rings is 1. The first-order valence-electron chi connectivity index (χ1n) is 6.72. The van der Waals surface area contributed by atoms with Crippen molar-refractivity contribution < 1.29 is 19.1 Å². The van der Waals surface area contributed by atoms with Gasteiger partial charge in [0.2, 0.25) is 5.91 Å². The summed E-state index contributed by atoms with van der Waals surface area (Å²) in [5.41, 5.74) is 0.450. The second-order valence-electron chi connectivity index (χ2n) is 4.61. The molecule has 0 radical (unpaired) electrons. The molecule has 7 heteroatoms. The van der Waals surface area contributed by atoms with Crippen LogP contribution in [0.5, 0.6) is 0 Å². The van der Waals surface area contributed by atoms with Crippen LogP contribution in [0.25, 0.3) is 0 Å². The number of aromatic nitrogens is 1. The van der Waals surface area contributed by atoms with Crippen LogP contribution in [0.2, 0.25) is 0 Å². The number of fused-ring (bicyclic) bond motifs is 1. The summed E-state index contributed by atoms with van der Waals surface area (Å²) >= 11 is 0. The number of imide groups is 1. The lowest BCUT2D eigenvalue weighted by Gasteiger charge is -2.13. The van der Waals surface area contributed by atoms with Crippen LogP contribution >= 0.6 is 0 Å². The molecule has 1 N–H and O–H groups in total. The number of carbonyl (C=O) groups is 3. The SMILES string of the molecule is COCCCNC(=O)CCN1C(=O)c2cccnc2C1=O. The van der Waals surface area contributed by atoms with Crippen LogP contribution in [0, 0.1) is 0 Å². The van der Waals surface area contributed by atoms with Crippen LogP contribution in [0.3, 0.4) is 0 Å². The van der Waals surface area contributed by atoms with Crippen molar-refractivity contribution >= 4 is 17.7 Å². The lowest BCUT2D eigenvalue weighted by molar-refractivity contribution is -0.121. The van der Waals surface area contributed by atoms with E-state index in [1.165, 1.54) is 6.20 Å². The summed E-state index contributed by atoms with van der Waals surface area (Å²) in [6.07, 6.45) is 2.27. The van der Waals surface area contributed by atoms with Gasteiger partial charge >= 0.3 is 0 Å². The largest absolute Gasteiger partial charge is 0.385 e. The monoisotopic (exact) mass is 291 g/mol. The summed E-state index contributed by atoms with van der Waals surface area (Å²) in [4.78, 5) is 40.7. The highest BCUT2D eigenvalue weighted by molar-refractivity contribution is 6.20. The van der Waals surface area contributed by atoms with Gasteiger partial charge in [-0.1, -0.05) is 0 Å². The number of nitrogens with zero attached hydrogens (tertiary/aromatic N) is 2. The quantitative estimate of drug-likeness (QED) is 0.573. The van der Waals surface area contributed by atoms with Crippen LogP contribution in [0.15, 0.2) is 18.3 Å². The molecule has 21 heavy (non-hydrogen) atoms. The molecule has 1 aromatic rings. The topological polar surface area (TPSA) is 88.6 Å². The highest BCUT2D eigenvalue weighted by Crippen LogP contribution is 2.20. The number of methoxy groups -OCH3 is 1. The summed E-state index contributed by atoms with van der Waals surface area (Å²) in [5, 5.41) is 2.71. The normalized spacial score (nSPS) is 13.5. The van der Waals surface area contributed by atoms with Gasteiger partial charge in [-0.25, -0.2) is 0 Å². The Morgan fingerprint density at radius 1 is 1.38 bits per heavy atom. The molecule has 0 aliphatic carbocycles. The van der Waals surface area contributed by atoms with Crippen LogP contribution in [-0.2, 0) is 9.53 Å². The number of amides is 3. The van der Waals surface area contributed by atoms with Crippen molar-refractivity contribution in [2.24, 2.45) is 0 Å². The maximum absolute atomic E-state index is 12.0. The van der Waals surface area contributed by atoms with Gasteiger partial charge in [-0.15, -0.1) is 0 Å². The van der Waals surface area contributed by atoms with E-state index < -0.39 is 11.8 Å². The Balaban J connectivity index is 1.84. The lowest BCUT2D eigenvalue weighted by Crippen LogP contribution is -2.35. The van der Waals surface area contributed by atoms with E-state index in [0.29, 0.717) is 18.7 Å². The first kappa shape index (κ1) is 15.1. The molecule has 0 unspecified atom stereocenters. The smallest absolute Gasteiger partial charge is 0.280 e. The molecule has 1 aliphatic rings. The molecule has 2 heterocycles. The van der Waals surface area contributed by atoms with Gasteiger partial charge in [-0.3, -0.25) is 24.3 Å². The van der Waals surface area contributed by atoms with Crippen LogP contribution in [-0.4, -0.2) is 54.4 Å². The second kappa shape index (κ2) is 6.94. The summed E-state index contributed by atoms with van der Waals surface area (Å²) in [6, 6.07) is 3.17.